The molecule has 3 N–H and O–H groups in total. The smallest absolute Gasteiger partial charge is 0.326 e. The molecule has 0 aliphatic carbocycles. The lowest BCUT2D eigenvalue weighted by atomic mass is 10.2. The highest BCUT2D eigenvalue weighted by Gasteiger charge is 2.22. The Morgan fingerprint density at radius 2 is 2.11 bits per heavy atom. The van der Waals surface area contributed by atoms with Gasteiger partial charge in [0.1, 0.15) is 11.7 Å². The molecule has 0 aliphatic rings. The average Bonchev–Trinajstić information content (AvgIpc) is 2.75. The molecule has 1 rings (SSSR count). The van der Waals surface area contributed by atoms with Crippen molar-refractivity contribution in [3.63, 3.8) is 0 Å². The first-order valence-corrected chi connectivity index (χ1v) is 5.53. The first-order valence-electron chi connectivity index (χ1n) is 5.53. The van der Waals surface area contributed by atoms with E-state index in [0.29, 0.717) is 0 Å². The molecule has 1 amide bonds. The zero-order valence-electron chi connectivity index (χ0n) is 9.92. The predicted octanol–water partition coefficient (Wildman–Crippen LogP) is 0.319. The van der Waals surface area contributed by atoms with Crippen LogP contribution in [0, 0.1) is 0 Å². The summed E-state index contributed by atoms with van der Waals surface area (Å²) in [7, 11) is 0. The molecule has 0 saturated heterocycles. The van der Waals surface area contributed by atoms with E-state index in [9.17, 15) is 18.4 Å². The van der Waals surface area contributed by atoms with Crippen molar-refractivity contribution in [3.8, 4) is 0 Å². The number of hydrogen-bond donors (Lipinski definition) is 3. The van der Waals surface area contributed by atoms with Crippen molar-refractivity contribution in [2.75, 3.05) is 6.61 Å². The average molecular weight is 276 g/mol. The van der Waals surface area contributed by atoms with Crippen LogP contribution in [0.15, 0.2) is 18.3 Å². The van der Waals surface area contributed by atoms with Crippen molar-refractivity contribution >= 4 is 11.9 Å². The van der Waals surface area contributed by atoms with Crippen LogP contribution in [0.25, 0.3) is 0 Å². The zero-order chi connectivity index (χ0) is 14.4. The predicted molar refractivity (Wildman–Crippen MR) is 61.0 cm³/mol. The van der Waals surface area contributed by atoms with Crippen LogP contribution in [0.1, 0.15) is 16.9 Å². The van der Waals surface area contributed by atoms with Gasteiger partial charge in [-0.15, -0.1) is 0 Å². The summed E-state index contributed by atoms with van der Waals surface area (Å²) >= 11 is 0. The Kier molecular flexibility index (Phi) is 5.43. The van der Waals surface area contributed by atoms with Gasteiger partial charge in [0.15, 0.2) is 0 Å². The van der Waals surface area contributed by atoms with Gasteiger partial charge in [-0.05, 0) is 12.1 Å². The summed E-state index contributed by atoms with van der Waals surface area (Å²) in [6, 6.07) is 1.47. The number of aliphatic hydroxyl groups excluding tert-OH is 1. The number of nitrogens with one attached hydrogen (secondary N) is 1. The molecule has 1 unspecified atom stereocenters. The molecular weight excluding hydrogens is 262 g/mol. The fourth-order valence-electron chi connectivity index (χ4n) is 1.55. The van der Waals surface area contributed by atoms with Gasteiger partial charge in [0.2, 0.25) is 0 Å². The van der Waals surface area contributed by atoms with Crippen LogP contribution in [0.4, 0.5) is 8.78 Å². The third kappa shape index (κ3) is 4.32. The summed E-state index contributed by atoms with van der Waals surface area (Å²) in [4.78, 5) is 22.6. The summed E-state index contributed by atoms with van der Waals surface area (Å²) in [6.07, 6.45) is -1.47. The Labute approximate surface area is 107 Å². The summed E-state index contributed by atoms with van der Waals surface area (Å²) in [6.45, 7) is -1.05. The number of aliphatic carboxylic acids is 1. The normalized spacial score (nSPS) is 12.4. The van der Waals surface area contributed by atoms with Gasteiger partial charge in [-0.2, -0.15) is 0 Å². The number of rotatable bonds is 7. The van der Waals surface area contributed by atoms with Crippen molar-refractivity contribution < 1.29 is 28.6 Å². The molecule has 1 atom stereocenters. The molecule has 0 radical (unpaired) electrons. The van der Waals surface area contributed by atoms with Gasteiger partial charge in [0.25, 0.3) is 12.3 Å². The number of halogens is 2. The van der Waals surface area contributed by atoms with Crippen LogP contribution < -0.4 is 5.32 Å². The fourth-order valence-corrected chi connectivity index (χ4v) is 1.55. The van der Waals surface area contributed by atoms with E-state index in [1.54, 1.807) is 0 Å². The van der Waals surface area contributed by atoms with E-state index >= 15 is 0 Å². The summed E-state index contributed by atoms with van der Waals surface area (Å²) in [5, 5.41) is 19.7. The van der Waals surface area contributed by atoms with Crippen LogP contribution in [0.3, 0.4) is 0 Å². The molecule has 8 heteroatoms. The SMILES string of the molecule is O=C(NC(CCO)C(=O)O)c1cccn1CC(F)F. The molecule has 0 bridgehead atoms. The van der Waals surface area contributed by atoms with Crippen LogP contribution in [0.2, 0.25) is 0 Å². The van der Waals surface area contributed by atoms with Crippen molar-refractivity contribution in [1.82, 2.24) is 9.88 Å². The summed E-state index contributed by atoms with van der Waals surface area (Å²) in [5.74, 6) is -2.07. The second kappa shape index (κ2) is 6.83. The first kappa shape index (κ1) is 15.1. The Balaban J connectivity index is 2.77. The van der Waals surface area contributed by atoms with Crippen LogP contribution >= 0.6 is 0 Å². The minimum absolute atomic E-state index is 0.0514. The van der Waals surface area contributed by atoms with Crippen molar-refractivity contribution in [3.05, 3.63) is 24.0 Å². The highest BCUT2D eigenvalue weighted by Crippen LogP contribution is 2.07. The number of nitrogens with zero attached hydrogens (tertiary/aromatic N) is 1. The Morgan fingerprint density at radius 1 is 1.42 bits per heavy atom. The zero-order valence-corrected chi connectivity index (χ0v) is 9.92. The Bertz CT molecular complexity index is 448. The number of carboxylic acids is 1. The van der Waals surface area contributed by atoms with Gasteiger partial charge in [-0.3, -0.25) is 4.79 Å². The van der Waals surface area contributed by atoms with E-state index in [0.717, 1.165) is 4.57 Å². The van der Waals surface area contributed by atoms with Crippen molar-refractivity contribution in [1.29, 1.82) is 0 Å². The van der Waals surface area contributed by atoms with E-state index in [-0.39, 0.29) is 12.1 Å². The number of amides is 1. The van der Waals surface area contributed by atoms with Gasteiger partial charge in [0.05, 0.1) is 6.54 Å². The number of carboxylic acid groups (broad SMARTS) is 1. The standard InChI is InChI=1S/C11H14F2N2O4/c12-9(13)6-15-4-1-2-8(15)10(17)14-7(3-5-16)11(18)19/h1-2,4,7,9,16H,3,5-6H2,(H,14,17)(H,18,19). The monoisotopic (exact) mass is 276 g/mol. The number of hydrogen-bond acceptors (Lipinski definition) is 3. The third-order valence-corrected chi connectivity index (χ3v) is 2.42. The highest BCUT2D eigenvalue weighted by molar-refractivity contribution is 5.95. The van der Waals surface area contributed by atoms with Gasteiger partial charge in [-0.25, -0.2) is 13.6 Å². The van der Waals surface area contributed by atoms with Crippen molar-refractivity contribution in [2.24, 2.45) is 0 Å². The van der Waals surface area contributed by atoms with E-state index in [4.69, 9.17) is 10.2 Å². The molecule has 0 aromatic carbocycles. The second-order valence-corrected chi connectivity index (χ2v) is 3.81. The van der Waals surface area contributed by atoms with Gasteiger partial charge in [0, 0.05) is 19.2 Å². The van der Waals surface area contributed by atoms with Crippen LogP contribution in [-0.2, 0) is 11.3 Å². The molecule has 0 fully saturated rings. The van der Waals surface area contributed by atoms with Crippen molar-refractivity contribution in [2.45, 2.75) is 25.4 Å². The quantitative estimate of drug-likeness (QED) is 0.668. The summed E-state index contributed by atoms with van der Waals surface area (Å²) in [5.41, 5.74) is -0.0514. The molecule has 19 heavy (non-hydrogen) atoms. The van der Waals surface area contributed by atoms with E-state index in [1.165, 1.54) is 18.3 Å². The molecule has 106 valence electrons. The van der Waals surface area contributed by atoms with Crippen LogP contribution in [-0.4, -0.2) is 45.7 Å². The number of carbonyl (C=O) groups is 2. The molecule has 0 aliphatic heterocycles. The molecule has 0 saturated carbocycles. The van der Waals surface area contributed by atoms with E-state index in [1.807, 2.05) is 0 Å². The molecule has 0 spiro atoms. The molecule has 6 nitrogen and oxygen atoms in total. The maximum absolute atomic E-state index is 12.3. The van der Waals surface area contributed by atoms with E-state index < -0.39 is 37.5 Å². The Morgan fingerprint density at radius 3 is 2.63 bits per heavy atom. The van der Waals surface area contributed by atoms with E-state index in [2.05, 4.69) is 5.32 Å². The number of carbonyl (C=O) groups excluding carboxylic acids is 1. The minimum atomic E-state index is -2.62. The number of aromatic nitrogens is 1. The third-order valence-electron chi connectivity index (χ3n) is 2.42. The fraction of sp³-hybridized carbons (Fsp3) is 0.455. The Hall–Kier alpha value is -1.96. The topological polar surface area (TPSA) is 91.6 Å². The molecular formula is C11H14F2N2O4. The van der Waals surface area contributed by atoms with Gasteiger partial charge >= 0.3 is 5.97 Å². The minimum Gasteiger partial charge on any atom is -0.480 e. The lowest BCUT2D eigenvalue weighted by molar-refractivity contribution is -0.139. The molecule has 1 aromatic rings. The number of alkyl halides is 2. The first-order chi connectivity index (χ1) is 8.95. The lowest BCUT2D eigenvalue weighted by Gasteiger charge is -2.14. The summed E-state index contributed by atoms with van der Waals surface area (Å²) < 4.78 is 25.6. The molecule has 1 aromatic heterocycles. The van der Waals surface area contributed by atoms with Gasteiger partial charge < -0.3 is 20.1 Å². The maximum Gasteiger partial charge on any atom is 0.326 e. The molecule has 1 heterocycles. The highest BCUT2D eigenvalue weighted by atomic mass is 19.3. The number of aliphatic hydroxyl groups is 1. The second-order valence-electron chi connectivity index (χ2n) is 3.81. The maximum atomic E-state index is 12.3. The van der Waals surface area contributed by atoms with Gasteiger partial charge in [-0.1, -0.05) is 0 Å². The largest absolute Gasteiger partial charge is 0.480 e. The lowest BCUT2D eigenvalue weighted by Crippen LogP contribution is -2.42. The van der Waals surface area contributed by atoms with Crippen LogP contribution in [0.5, 0.6) is 0 Å².